The first kappa shape index (κ1) is 13.7. The average Bonchev–Trinajstić information content (AvgIpc) is 2.81. The van der Waals surface area contributed by atoms with Crippen molar-refractivity contribution in [3.63, 3.8) is 0 Å². The van der Waals surface area contributed by atoms with Crippen molar-refractivity contribution >= 4 is 5.91 Å². The molecule has 0 radical (unpaired) electrons. The van der Waals surface area contributed by atoms with Gasteiger partial charge in [0.1, 0.15) is 0 Å². The van der Waals surface area contributed by atoms with E-state index in [1.165, 1.54) is 13.2 Å². The second-order valence-corrected chi connectivity index (χ2v) is 4.93. The highest BCUT2D eigenvalue weighted by molar-refractivity contribution is 5.94. The summed E-state index contributed by atoms with van der Waals surface area (Å²) in [6, 6.07) is 4.55. The second-order valence-electron chi connectivity index (χ2n) is 4.93. The summed E-state index contributed by atoms with van der Waals surface area (Å²) >= 11 is 0. The van der Waals surface area contributed by atoms with Crippen LogP contribution in [0.1, 0.15) is 29.6 Å². The van der Waals surface area contributed by atoms with Crippen LogP contribution in [0.4, 0.5) is 0 Å². The summed E-state index contributed by atoms with van der Waals surface area (Å²) in [4.78, 5) is 11.9. The normalized spacial score (nSPS) is 22.2. The van der Waals surface area contributed by atoms with Gasteiger partial charge in [0.05, 0.1) is 13.2 Å². The molecule has 0 spiro atoms. The number of aliphatic hydroxyl groups is 1. The van der Waals surface area contributed by atoms with Gasteiger partial charge in [0.2, 0.25) is 0 Å². The first-order valence-corrected chi connectivity index (χ1v) is 6.43. The quantitative estimate of drug-likeness (QED) is 0.766. The van der Waals surface area contributed by atoms with Crippen LogP contribution in [-0.4, -0.2) is 35.9 Å². The summed E-state index contributed by atoms with van der Waals surface area (Å²) in [6.07, 6.45) is 2.26. The molecule has 0 heterocycles. The summed E-state index contributed by atoms with van der Waals surface area (Å²) < 4.78 is 4.92. The number of rotatable bonds is 4. The molecule has 2 atom stereocenters. The lowest BCUT2D eigenvalue weighted by Crippen LogP contribution is -2.28. The van der Waals surface area contributed by atoms with E-state index in [2.05, 4.69) is 5.32 Å². The second kappa shape index (κ2) is 5.93. The molecule has 2 rings (SSSR count). The van der Waals surface area contributed by atoms with Crippen LogP contribution in [0.15, 0.2) is 18.2 Å². The highest BCUT2D eigenvalue weighted by Crippen LogP contribution is 2.27. The molecule has 19 heavy (non-hydrogen) atoms. The minimum absolute atomic E-state index is 0.0496. The molecule has 1 aliphatic carbocycles. The number of carbonyl (C=O) groups excluding carboxylic acids is 1. The third-order valence-corrected chi connectivity index (χ3v) is 3.51. The van der Waals surface area contributed by atoms with E-state index in [-0.39, 0.29) is 17.8 Å². The van der Waals surface area contributed by atoms with E-state index in [1.807, 2.05) is 0 Å². The van der Waals surface area contributed by atoms with Crippen LogP contribution in [0.25, 0.3) is 0 Å². The Morgan fingerprint density at radius 2 is 2.26 bits per heavy atom. The number of carbonyl (C=O) groups is 1. The predicted molar refractivity (Wildman–Crippen MR) is 70.3 cm³/mol. The van der Waals surface area contributed by atoms with E-state index >= 15 is 0 Å². The molecule has 1 aromatic carbocycles. The van der Waals surface area contributed by atoms with Crippen LogP contribution >= 0.6 is 0 Å². The maximum Gasteiger partial charge on any atom is 0.251 e. The molecule has 1 saturated carbocycles. The molecule has 0 aliphatic heterocycles. The first-order valence-electron chi connectivity index (χ1n) is 6.43. The molecule has 5 heteroatoms. The molecule has 1 amide bonds. The van der Waals surface area contributed by atoms with E-state index in [0.717, 1.165) is 19.3 Å². The zero-order valence-corrected chi connectivity index (χ0v) is 10.9. The van der Waals surface area contributed by atoms with Gasteiger partial charge in [0, 0.05) is 12.1 Å². The van der Waals surface area contributed by atoms with Gasteiger partial charge in [-0.05, 0) is 43.4 Å². The Hall–Kier alpha value is -1.75. The van der Waals surface area contributed by atoms with Gasteiger partial charge in [0.15, 0.2) is 11.5 Å². The Labute approximate surface area is 112 Å². The smallest absolute Gasteiger partial charge is 0.251 e. The minimum Gasteiger partial charge on any atom is -0.504 e. The lowest BCUT2D eigenvalue weighted by molar-refractivity contribution is 0.0944. The Morgan fingerprint density at radius 1 is 1.47 bits per heavy atom. The number of benzene rings is 1. The van der Waals surface area contributed by atoms with Gasteiger partial charge >= 0.3 is 0 Å². The van der Waals surface area contributed by atoms with Gasteiger partial charge in [-0.2, -0.15) is 0 Å². The summed E-state index contributed by atoms with van der Waals surface area (Å²) in [5.74, 6) is 0.409. The van der Waals surface area contributed by atoms with E-state index in [1.54, 1.807) is 12.1 Å². The van der Waals surface area contributed by atoms with Crippen molar-refractivity contribution in [1.82, 2.24) is 5.32 Å². The number of ether oxygens (including phenoxy) is 1. The number of hydrogen-bond donors (Lipinski definition) is 3. The van der Waals surface area contributed by atoms with Crippen LogP contribution < -0.4 is 10.1 Å². The molecule has 0 aromatic heterocycles. The van der Waals surface area contributed by atoms with Gasteiger partial charge in [0.25, 0.3) is 5.91 Å². The number of phenols is 1. The van der Waals surface area contributed by atoms with Crippen molar-refractivity contribution in [2.24, 2.45) is 5.92 Å². The Bertz CT molecular complexity index is 461. The molecular weight excluding hydrogens is 246 g/mol. The molecule has 1 fully saturated rings. The third kappa shape index (κ3) is 3.38. The molecule has 3 N–H and O–H groups in total. The number of aromatic hydroxyl groups is 1. The van der Waals surface area contributed by atoms with Crippen molar-refractivity contribution in [2.75, 3.05) is 13.7 Å². The predicted octanol–water partition coefficient (Wildman–Crippen LogP) is 1.29. The number of methoxy groups -OCH3 is 1. The van der Waals surface area contributed by atoms with Crippen molar-refractivity contribution in [2.45, 2.75) is 25.4 Å². The van der Waals surface area contributed by atoms with Gasteiger partial charge in [-0.1, -0.05) is 0 Å². The van der Waals surface area contributed by atoms with Crippen LogP contribution in [0.2, 0.25) is 0 Å². The summed E-state index contributed by atoms with van der Waals surface area (Å²) in [7, 11) is 1.46. The lowest BCUT2D eigenvalue weighted by atomic mass is 10.1. The summed E-state index contributed by atoms with van der Waals surface area (Å²) in [6.45, 7) is 0.558. The Kier molecular flexibility index (Phi) is 4.27. The number of aliphatic hydroxyl groups excluding tert-OH is 1. The fraction of sp³-hybridized carbons (Fsp3) is 0.500. The fourth-order valence-electron chi connectivity index (χ4n) is 2.40. The molecule has 0 bridgehead atoms. The minimum atomic E-state index is -0.230. The highest BCUT2D eigenvalue weighted by Gasteiger charge is 2.23. The topological polar surface area (TPSA) is 78.8 Å². The summed E-state index contributed by atoms with van der Waals surface area (Å²) in [5, 5.41) is 21.9. The largest absolute Gasteiger partial charge is 0.504 e. The van der Waals surface area contributed by atoms with E-state index in [4.69, 9.17) is 4.74 Å². The van der Waals surface area contributed by atoms with Crippen LogP contribution in [0, 0.1) is 5.92 Å². The summed E-state index contributed by atoms with van der Waals surface area (Å²) in [5.41, 5.74) is 0.400. The van der Waals surface area contributed by atoms with E-state index in [0.29, 0.717) is 23.8 Å². The van der Waals surface area contributed by atoms with Crippen molar-refractivity contribution in [3.8, 4) is 11.5 Å². The Morgan fingerprint density at radius 3 is 2.84 bits per heavy atom. The molecular formula is C14H19NO4. The van der Waals surface area contributed by atoms with E-state index in [9.17, 15) is 15.0 Å². The number of phenolic OH excluding ortho intramolecular Hbond substituents is 1. The Balaban J connectivity index is 1.91. The number of amides is 1. The lowest BCUT2D eigenvalue weighted by Gasteiger charge is -2.11. The van der Waals surface area contributed by atoms with Gasteiger partial charge in [-0.3, -0.25) is 4.79 Å². The molecule has 5 nitrogen and oxygen atoms in total. The number of hydrogen-bond acceptors (Lipinski definition) is 4. The average molecular weight is 265 g/mol. The van der Waals surface area contributed by atoms with Gasteiger partial charge in [-0.25, -0.2) is 0 Å². The van der Waals surface area contributed by atoms with Crippen LogP contribution in [0.5, 0.6) is 11.5 Å². The molecule has 1 aromatic rings. The molecule has 2 unspecified atom stereocenters. The maximum absolute atomic E-state index is 11.9. The first-order chi connectivity index (χ1) is 9.10. The fourth-order valence-corrected chi connectivity index (χ4v) is 2.40. The SMILES string of the molecule is COc1ccc(C(=O)NCC2CCC(O)C2)cc1O. The number of nitrogens with one attached hydrogen (secondary N) is 1. The monoisotopic (exact) mass is 265 g/mol. The standard InChI is InChI=1S/C14H19NO4/c1-19-13-5-3-10(7-12(13)17)14(18)15-8-9-2-4-11(16)6-9/h3,5,7,9,11,16-17H,2,4,6,8H2,1H3,(H,15,18). The molecule has 0 saturated heterocycles. The van der Waals surface area contributed by atoms with Crippen molar-refractivity contribution < 1.29 is 19.7 Å². The maximum atomic E-state index is 11.9. The molecule has 104 valence electrons. The third-order valence-electron chi connectivity index (χ3n) is 3.51. The van der Waals surface area contributed by atoms with Crippen LogP contribution in [-0.2, 0) is 0 Å². The van der Waals surface area contributed by atoms with Crippen molar-refractivity contribution in [1.29, 1.82) is 0 Å². The van der Waals surface area contributed by atoms with Gasteiger partial charge < -0.3 is 20.3 Å². The molecule has 1 aliphatic rings. The van der Waals surface area contributed by atoms with Crippen LogP contribution in [0.3, 0.4) is 0 Å². The zero-order valence-electron chi connectivity index (χ0n) is 10.9. The van der Waals surface area contributed by atoms with Gasteiger partial charge in [-0.15, -0.1) is 0 Å². The van der Waals surface area contributed by atoms with E-state index < -0.39 is 0 Å². The highest BCUT2D eigenvalue weighted by atomic mass is 16.5. The van der Waals surface area contributed by atoms with Crippen molar-refractivity contribution in [3.05, 3.63) is 23.8 Å². The zero-order chi connectivity index (χ0) is 13.8.